The van der Waals surface area contributed by atoms with Crippen molar-refractivity contribution >= 4 is 5.78 Å². The molecular formula is C49H71N3O8. The summed E-state index contributed by atoms with van der Waals surface area (Å²) in [5, 5.41) is 80.2. The van der Waals surface area contributed by atoms with Crippen LogP contribution in [0.4, 0.5) is 0 Å². The highest BCUT2D eigenvalue weighted by molar-refractivity contribution is 6.03. The summed E-state index contributed by atoms with van der Waals surface area (Å²) < 4.78 is 6.81. The topological polar surface area (TPSA) is 198 Å². The van der Waals surface area contributed by atoms with Crippen molar-refractivity contribution in [1.82, 2.24) is 10.6 Å². The van der Waals surface area contributed by atoms with Crippen LogP contribution in [-0.2, 0) is 9.53 Å². The smallest absolute Gasteiger partial charge is 0.186 e. The molecule has 3 spiro atoms. The Morgan fingerprint density at radius 1 is 1.02 bits per heavy atom. The van der Waals surface area contributed by atoms with E-state index in [9.17, 15) is 30.6 Å². The number of ether oxygens (including phenoxy) is 1. The first-order valence-corrected chi connectivity index (χ1v) is 23.4. The van der Waals surface area contributed by atoms with E-state index in [2.05, 4.69) is 48.5 Å². The Bertz CT molecular complexity index is 1900. The van der Waals surface area contributed by atoms with Crippen LogP contribution in [0.15, 0.2) is 47.3 Å². The van der Waals surface area contributed by atoms with Gasteiger partial charge in [0.25, 0.3) is 0 Å². The lowest BCUT2D eigenvalue weighted by atomic mass is 9.36. The lowest BCUT2D eigenvalue weighted by Gasteiger charge is -2.68. The lowest BCUT2D eigenvalue weighted by molar-refractivity contribution is -0.216. The number of carbonyl (C=O) groups is 1. The molecular weight excluding hydrogens is 759 g/mol. The van der Waals surface area contributed by atoms with Crippen LogP contribution in [-0.4, -0.2) is 97.0 Å². The number of fused-ring (bicyclic) bond motifs is 4. The zero-order valence-corrected chi connectivity index (χ0v) is 36.2. The number of carbonyl (C=O) groups excluding carboxylic acids is 1. The summed E-state index contributed by atoms with van der Waals surface area (Å²) >= 11 is 0. The van der Waals surface area contributed by atoms with E-state index in [-0.39, 0.29) is 80.2 Å². The molecule has 0 aromatic carbocycles. The van der Waals surface area contributed by atoms with Crippen molar-refractivity contribution in [3.63, 3.8) is 0 Å². The number of Topliss-reactive ketones (excluding diaryl/α,β-unsaturated/α-hetero) is 1. The Balaban J connectivity index is 1.18. The van der Waals surface area contributed by atoms with E-state index in [0.717, 1.165) is 31.3 Å². The van der Waals surface area contributed by atoms with Gasteiger partial charge >= 0.3 is 0 Å². The number of ketones is 1. The molecule has 19 atom stereocenters. The van der Waals surface area contributed by atoms with E-state index in [4.69, 9.17) is 10.5 Å². The zero-order chi connectivity index (χ0) is 42.6. The highest BCUT2D eigenvalue weighted by Gasteiger charge is 2.77. The molecule has 1 saturated heterocycles. The van der Waals surface area contributed by atoms with Gasteiger partial charge in [-0.2, -0.15) is 0 Å². The van der Waals surface area contributed by atoms with Crippen molar-refractivity contribution in [2.24, 2.45) is 63.4 Å². The highest BCUT2D eigenvalue weighted by atomic mass is 16.5. The number of hydrogen-bond acceptors (Lipinski definition) is 11. The predicted molar refractivity (Wildman–Crippen MR) is 227 cm³/mol. The van der Waals surface area contributed by atoms with Crippen LogP contribution in [0.1, 0.15) is 118 Å². The standard InChI is InChI=1S/C49H71N3O8/c1-5-8-29-9-14-33-28(3)42(60-36(33)15-10-29)44(57)45(4,58)37-17-20-49(59)40-39-31-12-11-30(32-13-16-38(50)51-26-32)21-48(39)24-35(55)34(54)23-47(48,19-7-6-18-46(37,49)22-31)43(56)41(40)52-25-27(2)53/h11-13,16,26-31,33-39,42,44,51-55,57-59H,5,8-10,14-15,17-25,50H2,1-4H3. The molecule has 19 unspecified atom stereocenters. The molecule has 5 fully saturated rings. The van der Waals surface area contributed by atoms with Crippen LogP contribution in [0.5, 0.6) is 0 Å². The maximum Gasteiger partial charge on any atom is 0.186 e. The number of nitrogens with one attached hydrogen (secondary N) is 2. The largest absolute Gasteiger partial charge is 0.392 e. The fraction of sp³-hybridized carbons (Fsp3) is 0.776. The molecule has 330 valence electrons. The van der Waals surface area contributed by atoms with Gasteiger partial charge in [0.15, 0.2) is 5.78 Å². The van der Waals surface area contributed by atoms with Crippen molar-refractivity contribution in [3.05, 3.63) is 47.3 Å². The first kappa shape index (κ1) is 42.8. The fourth-order valence-electron chi connectivity index (χ4n) is 15.4. The molecule has 11 heteroatoms. The highest BCUT2D eigenvalue weighted by Crippen LogP contribution is 2.76. The second kappa shape index (κ2) is 15.3. The number of hydrogen-bond donors (Lipinski definition) is 9. The van der Waals surface area contributed by atoms with E-state index in [1.807, 2.05) is 18.4 Å². The normalized spacial score (nSPS) is 48.6. The van der Waals surface area contributed by atoms with Crippen molar-refractivity contribution < 1.29 is 40.2 Å². The average molecular weight is 830 g/mol. The first-order valence-electron chi connectivity index (χ1n) is 23.4. The van der Waals surface area contributed by atoms with Crippen molar-refractivity contribution in [3.8, 4) is 11.8 Å². The summed E-state index contributed by atoms with van der Waals surface area (Å²) in [7, 11) is 0. The third-order valence-electron chi connectivity index (χ3n) is 18.2. The molecule has 8 aliphatic carbocycles. The third kappa shape index (κ3) is 6.16. The summed E-state index contributed by atoms with van der Waals surface area (Å²) in [6.45, 7) is 7.89. The SMILES string of the molecule is CCCC1CCC2OC(C(O)C(C)(O)C3CCC4(O)C5=C(NCC(C)O)C(=O)C67CC#CCC34CC3C=CC(C4=CNC(N)C=C4)CC6(CC(O)C(O)C7)C53)C(C)C2CC1. The number of aliphatic hydroxyl groups excluding tert-OH is 4. The quantitative estimate of drug-likeness (QED) is 0.121. The maximum absolute atomic E-state index is 15.8. The van der Waals surface area contributed by atoms with Gasteiger partial charge in [-0.3, -0.25) is 4.79 Å². The summed E-state index contributed by atoms with van der Waals surface area (Å²) in [5.74, 6) is 6.27. The van der Waals surface area contributed by atoms with E-state index in [1.54, 1.807) is 13.8 Å². The molecule has 2 aliphatic heterocycles. The molecule has 2 heterocycles. The predicted octanol–water partition coefficient (Wildman–Crippen LogP) is 3.87. The molecule has 0 aromatic rings. The number of rotatable bonds is 9. The third-order valence-corrected chi connectivity index (χ3v) is 18.2. The molecule has 6 bridgehead atoms. The van der Waals surface area contributed by atoms with Gasteiger partial charge in [0.05, 0.1) is 59.0 Å². The van der Waals surface area contributed by atoms with E-state index >= 15 is 4.79 Å². The van der Waals surface area contributed by atoms with Crippen LogP contribution in [0, 0.1) is 69.5 Å². The lowest BCUT2D eigenvalue weighted by Crippen LogP contribution is -2.71. The molecule has 10 N–H and O–H groups in total. The Morgan fingerprint density at radius 2 is 1.77 bits per heavy atom. The van der Waals surface area contributed by atoms with Crippen LogP contribution in [0.3, 0.4) is 0 Å². The average Bonchev–Trinajstić information content (AvgIpc) is 3.53. The van der Waals surface area contributed by atoms with Gasteiger partial charge in [0.1, 0.15) is 6.10 Å². The van der Waals surface area contributed by atoms with Gasteiger partial charge in [0, 0.05) is 36.9 Å². The fourth-order valence-corrected chi connectivity index (χ4v) is 15.4. The van der Waals surface area contributed by atoms with Crippen LogP contribution < -0.4 is 16.4 Å². The van der Waals surface area contributed by atoms with Gasteiger partial charge in [-0.05, 0) is 130 Å². The second-order valence-corrected chi connectivity index (χ2v) is 21.3. The van der Waals surface area contributed by atoms with Crippen molar-refractivity contribution in [2.45, 2.75) is 172 Å². The number of aliphatic hydroxyl groups is 6. The molecule has 10 aliphatic rings. The minimum Gasteiger partial charge on any atom is -0.392 e. The Labute approximate surface area is 356 Å². The summed E-state index contributed by atoms with van der Waals surface area (Å²) in [4.78, 5) is 15.8. The molecule has 0 aromatic heterocycles. The van der Waals surface area contributed by atoms with Gasteiger partial charge in [-0.1, -0.05) is 51.3 Å². The minimum absolute atomic E-state index is 0.0245. The zero-order valence-electron chi connectivity index (χ0n) is 36.2. The van der Waals surface area contributed by atoms with Gasteiger partial charge in [-0.15, -0.1) is 11.8 Å². The summed E-state index contributed by atoms with van der Waals surface area (Å²) in [6, 6.07) is 0. The molecule has 0 radical (unpaired) electrons. The molecule has 0 amide bonds. The first-order chi connectivity index (χ1) is 28.5. The van der Waals surface area contributed by atoms with Crippen LogP contribution >= 0.6 is 0 Å². The molecule has 4 saturated carbocycles. The molecule has 11 nitrogen and oxygen atoms in total. The van der Waals surface area contributed by atoms with E-state index in [0.29, 0.717) is 36.7 Å². The second-order valence-electron chi connectivity index (χ2n) is 21.3. The van der Waals surface area contributed by atoms with Gasteiger partial charge in [0.2, 0.25) is 0 Å². The van der Waals surface area contributed by atoms with Crippen molar-refractivity contribution in [2.75, 3.05) is 6.54 Å². The molecule has 60 heavy (non-hydrogen) atoms. The molecule has 10 rings (SSSR count). The maximum atomic E-state index is 15.8. The monoisotopic (exact) mass is 830 g/mol. The van der Waals surface area contributed by atoms with Gasteiger partial charge in [-0.25, -0.2) is 0 Å². The number of allylic oxidation sites excluding steroid dienone is 5. The number of nitrogens with two attached hydrogens (primary N) is 1. The van der Waals surface area contributed by atoms with E-state index in [1.165, 1.54) is 12.8 Å². The Hall–Kier alpha value is -2.53. The van der Waals surface area contributed by atoms with Crippen LogP contribution in [0.2, 0.25) is 0 Å². The number of dihydropyridines is 1. The Kier molecular flexibility index (Phi) is 10.9. The Morgan fingerprint density at radius 3 is 2.50 bits per heavy atom. The summed E-state index contributed by atoms with van der Waals surface area (Å²) in [5.41, 5.74) is 1.54. The van der Waals surface area contributed by atoms with Crippen molar-refractivity contribution in [1.29, 1.82) is 0 Å². The minimum atomic E-state index is -1.69. The summed E-state index contributed by atoms with van der Waals surface area (Å²) in [6.07, 6.45) is 14.0. The van der Waals surface area contributed by atoms with Gasteiger partial charge < -0.3 is 51.7 Å². The van der Waals surface area contributed by atoms with E-state index < -0.39 is 69.8 Å². The van der Waals surface area contributed by atoms with Crippen LogP contribution in [0.25, 0.3) is 0 Å².